The van der Waals surface area contributed by atoms with E-state index in [0.29, 0.717) is 6.54 Å². The van der Waals surface area contributed by atoms with Crippen molar-refractivity contribution in [1.29, 1.82) is 0 Å². The third-order valence-electron chi connectivity index (χ3n) is 2.17. The summed E-state index contributed by atoms with van der Waals surface area (Å²) in [5.41, 5.74) is 2.14. The predicted octanol–water partition coefficient (Wildman–Crippen LogP) is 0.384. The Bertz CT molecular complexity index is 296. The van der Waals surface area contributed by atoms with Crippen LogP contribution in [0.5, 0.6) is 0 Å². The number of hydrogen-bond acceptors (Lipinski definition) is 4. The Labute approximate surface area is 89.0 Å². The molecule has 1 atom stereocenters. The molecule has 15 heavy (non-hydrogen) atoms. The Hall–Kier alpha value is -1.33. The number of carbonyl (C=O) groups is 1. The van der Waals surface area contributed by atoms with Gasteiger partial charge < -0.3 is 4.42 Å². The van der Waals surface area contributed by atoms with Gasteiger partial charge in [-0.1, -0.05) is 13.8 Å². The summed E-state index contributed by atoms with van der Waals surface area (Å²) in [7, 11) is 0. The topological polar surface area (TPSA) is 80.3 Å². The van der Waals surface area contributed by atoms with Gasteiger partial charge in [-0.3, -0.25) is 15.5 Å². The third-order valence-corrected chi connectivity index (χ3v) is 2.17. The number of hydrogen-bond donors (Lipinski definition) is 3. The van der Waals surface area contributed by atoms with Crippen molar-refractivity contribution in [2.75, 3.05) is 0 Å². The second kappa shape index (κ2) is 5.53. The summed E-state index contributed by atoms with van der Waals surface area (Å²) < 4.78 is 5.15. The lowest BCUT2D eigenvalue weighted by molar-refractivity contribution is -0.124. The molecular formula is C10H17N3O2. The van der Waals surface area contributed by atoms with Crippen LogP contribution in [0.1, 0.15) is 19.6 Å². The van der Waals surface area contributed by atoms with E-state index in [1.54, 1.807) is 6.26 Å². The number of hydrazine groups is 1. The van der Waals surface area contributed by atoms with Crippen molar-refractivity contribution in [2.45, 2.75) is 26.4 Å². The van der Waals surface area contributed by atoms with Crippen molar-refractivity contribution >= 4 is 5.91 Å². The van der Waals surface area contributed by atoms with Crippen LogP contribution >= 0.6 is 0 Å². The van der Waals surface area contributed by atoms with E-state index in [0.717, 1.165) is 5.76 Å². The minimum Gasteiger partial charge on any atom is -0.468 e. The van der Waals surface area contributed by atoms with Crippen LogP contribution in [0, 0.1) is 5.92 Å². The molecule has 4 N–H and O–H groups in total. The molecule has 1 aromatic rings. The molecule has 0 aliphatic carbocycles. The highest BCUT2D eigenvalue weighted by Gasteiger charge is 2.20. The lowest BCUT2D eigenvalue weighted by atomic mass is 10.0. The Balaban J connectivity index is 2.49. The first kappa shape index (κ1) is 11.7. The molecule has 0 radical (unpaired) electrons. The zero-order chi connectivity index (χ0) is 11.3. The number of amides is 1. The van der Waals surface area contributed by atoms with Crippen molar-refractivity contribution in [1.82, 2.24) is 10.7 Å². The highest BCUT2D eigenvalue weighted by Crippen LogP contribution is 2.04. The van der Waals surface area contributed by atoms with Crippen LogP contribution in [-0.2, 0) is 11.3 Å². The summed E-state index contributed by atoms with van der Waals surface area (Å²) in [5.74, 6) is 5.85. The minimum atomic E-state index is -0.305. The third kappa shape index (κ3) is 3.38. The molecule has 1 rings (SSSR count). The van der Waals surface area contributed by atoms with Crippen molar-refractivity contribution in [3.8, 4) is 0 Å². The molecule has 5 heteroatoms. The molecule has 1 unspecified atom stereocenters. The fourth-order valence-corrected chi connectivity index (χ4v) is 1.34. The molecule has 0 saturated carbocycles. The van der Waals surface area contributed by atoms with E-state index >= 15 is 0 Å². The molecule has 1 aromatic heterocycles. The number of furan rings is 1. The SMILES string of the molecule is CC(C)C(NCc1ccco1)C(=O)NN. The first-order chi connectivity index (χ1) is 7.15. The molecule has 0 saturated heterocycles. The van der Waals surface area contributed by atoms with Crippen molar-refractivity contribution in [3.63, 3.8) is 0 Å². The number of rotatable bonds is 5. The van der Waals surface area contributed by atoms with Gasteiger partial charge in [-0.25, -0.2) is 5.84 Å². The largest absolute Gasteiger partial charge is 0.468 e. The minimum absolute atomic E-state index is 0.170. The molecule has 84 valence electrons. The van der Waals surface area contributed by atoms with E-state index in [4.69, 9.17) is 10.3 Å². The second-order valence-electron chi connectivity index (χ2n) is 3.69. The first-order valence-electron chi connectivity index (χ1n) is 4.91. The lowest BCUT2D eigenvalue weighted by Crippen LogP contribution is -2.49. The normalized spacial score (nSPS) is 12.8. The van der Waals surface area contributed by atoms with E-state index < -0.39 is 0 Å². The van der Waals surface area contributed by atoms with Crippen molar-refractivity contribution in [2.24, 2.45) is 11.8 Å². The van der Waals surface area contributed by atoms with E-state index in [2.05, 4.69) is 10.7 Å². The van der Waals surface area contributed by atoms with Crippen molar-refractivity contribution in [3.05, 3.63) is 24.2 Å². The maximum absolute atomic E-state index is 11.4. The summed E-state index contributed by atoms with van der Waals surface area (Å²) in [5, 5.41) is 3.09. The molecule has 0 spiro atoms. The quantitative estimate of drug-likeness (QED) is 0.374. The van der Waals surface area contributed by atoms with Gasteiger partial charge in [-0.2, -0.15) is 0 Å². The summed E-state index contributed by atoms with van der Waals surface area (Å²) in [4.78, 5) is 11.4. The smallest absolute Gasteiger partial charge is 0.251 e. The Morgan fingerprint density at radius 1 is 1.60 bits per heavy atom. The monoisotopic (exact) mass is 211 g/mol. The Morgan fingerprint density at radius 2 is 2.33 bits per heavy atom. The summed E-state index contributed by atoms with van der Waals surface area (Å²) in [6.45, 7) is 4.42. The van der Waals surface area contributed by atoms with Gasteiger partial charge in [0.25, 0.3) is 5.91 Å². The van der Waals surface area contributed by atoms with Gasteiger partial charge in [-0.05, 0) is 18.1 Å². The zero-order valence-corrected chi connectivity index (χ0v) is 8.99. The van der Waals surface area contributed by atoms with Gasteiger partial charge in [-0.15, -0.1) is 0 Å². The lowest BCUT2D eigenvalue weighted by Gasteiger charge is -2.19. The van der Waals surface area contributed by atoms with Crippen LogP contribution in [0.15, 0.2) is 22.8 Å². The summed E-state index contributed by atoms with van der Waals surface area (Å²) in [6.07, 6.45) is 1.60. The van der Waals surface area contributed by atoms with Crippen LogP contribution in [-0.4, -0.2) is 11.9 Å². The zero-order valence-electron chi connectivity index (χ0n) is 8.99. The fourth-order valence-electron chi connectivity index (χ4n) is 1.34. The van der Waals surface area contributed by atoms with E-state index in [1.165, 1.54) is 0 Å². The van der Waals surface area contributed by atoms with Gasteiger partial charge in [0.2, 0.25) is 0 Å². The molecule has 0 aromatic carbocycles. The van der Waals surface area contributed by atoms with E-state index in [9.17, 15) is 4.79 Å². The average Bonchev–Trinajstić information content (AvgIpc) is 2.70. The number of nitrogens with two attached hydrogens (primary N) is 1. The highest BCUT2D eigenvalue weighted by atomic mass is 16.3. The first-order valence-corrected chi connectivity index (χ1v) is 4.91. The van der Waals surface area contributed by atoms with Crippen LogP contribution in [0.2, 0.25) is 0 Å². The molecule has 5 nitrogen and oxygen atoms in total. The van der Waals surface area contributed by atoms with E-state index in [-0.39, 0.29) is 17.9 Å². The average molecular weight is 211 g/mol. The fraction of sp³-hybridized carbons (Fsp3) is 0.500. The molecule has 0 aliphatic heterocycles. The molecule has 1 amide bonds. The van der Waals surface area contributed by atoms with E-state index in [1.807, 2.05) is 26.0 Å². The standard InChI is InChI=1S/C10H17N3O2/c1-7(2)9(10(14)13-11)12-6-8-4-3-5-15-8/h3-5,7,9,12H,6,11H2,1-2H3,(H,13,14). The molecule has 0 fully saturated rings. The van der Waals surface area contributed by atoms with Gasteiger partial charge in [0, 0.05) is 0 Å². The molecule has 0 aliphatic rings. The van der Waals surface area contributed by atoms with Crippen LogP contribution in [0.3, 0.4) is 0 Å². The summed E-state index contributed by atoms with van der Waals surface area (Å²) >= 11 is 0. The van der Waals surface area contributed by atoms with Gasteiger partial charge in [0.15, 0.2) is 0 Å². The second-order valence-corrected chi connectivity index (χ2v) is 3.69. The molecule has 1 heterocycles. The van der Waals surface area contributed by atoms with Gasteiger partial charge >= 0.3 is 0 Å². The van der Waals surface area contributed by atoms with Crippen LogP contribution in [0.25, 0.3) is 0 Å². The van der Waals surface area contributed by atoms with Gasteiger partial charge in [0.1, 0.15) is 5.76 Å². The Kier molecular flexibility index (Phi) is 4.33. The summed E-state index contributed by atoms with van der Waals surface area (Å²) in [6, 6.07) is 3.36. The Morgan fingerprint density at radius 3 is 2.80 bits per heavy atom. The van der Waals surface area contributed by atoms with Crippen molar-refractivity contribution < 1.29 is 9.21 Å². The highest BCUT2D eigenvalue weighted by molar-refractivity contribution is 5.81. The molecule has 0 bridgehead atoms. The number of carbonyl (C=O) groups excluding carboxylic acids is 1. The van der Waals surface area contributed by atoms with Gasteiger partial charge in [0.05, 0.1) is 18.8 Å². The molecular weight excluding hydrogens is 194 g/mol. The van der Waals surface area contributed by atoms with Crippen LogP contribution < -0.4 is 16.6 Å². The maximum atomic E-state index is 11.4. The van der Waals surface area contributed by atoms with Crippen LogP contribution in [0.4, 0.5) is 0 Å². The number of nitrogens with one attached hydrogen (secondary N) is 2. The maximum Gasteiger partial charge on any atom is 0.251 e. The predicted molar refractivity (Wildman–Crippen MR) is 56.5 cm³/mol.